The van der Waals surface area contributed by atoms with Crippen LogP contribution in [0.15, 0.2) is 0 Å². The third kappa shape index (κ3) is 28.3. The lowest BCUT2D eigenvalue weighted by Crippen LogP contribution is -2.50. The standard InChI is InChI=1S/C28H60N.CH4O4S/c1-5-9-13-17-21-25-29(26-22-18-14-10-6-2,27-23-19-15-11-7-3)28-24-20-16-12-8-4;1-5-6(2,3)4/h5-28H2,1-4H3;1H3,(H,2,3,4)/q+1;/p-1. The zero-order valence-electron chi connectivity index (χ0n) is 24.5. The monoisotopic (exact) mass is 521 g/mol. The maximum atomic E-state index is 9.22. The van der Waals surface area contributed by atoms with Gasteiger partial charge in [-0.15, -0.1) is 0 Å². The minimum Gasteiger partial charge on any atom is -0.726 e. The molecule has 0 saturated carbocycles. The van der Waals surface area contributed by atoms with E-state index in [1.54, 1.807) is 0 Å². The number of unbranched alkanes of at least 4 members (excludes halogenated alkanes) is 16. The molecule has 6 heteroatoms. The second-order valence-electron chi connectivity index (χ2n) is 10.5. The van der Waals surface area contributed by atoms with Gasteiger partial charge in [-0.25, -0.2) is 8.42 Å². The molecular formula is C29H63NO4S. The summed E-state index contributed by atoms with van der Waals surface area (Å²) in [4.78, 5) is 0. The van der Waals surface area contributed by atoms with Crippen molar-refractivity contribution in [2.45, 2.75) is 156 Å². The first-order valence-corrected chi connectivity index (χ1v) is 16.5. The average molecular weight is 522 g/mol. The van der Waals surface area contributed by atoms with Crippen molar-refractivity contribution in [3.63, 3.8) is 0 Å². The summed E-state index contributed by atoms with van der Waals surface area (Å²) in [6, 6.07) is 0. The minimum atomic E-state index is -4.41. The molecule has 35 heavy (non-hydrogen) atoms. The molecule has 0 aliphatic carbocycles. The summed E-state index contributed by atoms with van der Waals surface area (Å²) < 4.78 is 32.5. The van der Waals surface area contributed by atoms with E-state index in [9.17, 15) is 13.0 Å². The van der Waals surface area contributed by atoms with Crippen LogP contribution in [-0.4, -0.2) is 50.7 Å². The molecule has 0 radical (unpaired) electrons. The fraction of sp³-hybridized carbons (Fsp3) is 1.00. The van der Waals surface area contributed by atoms with Gasteiger partial charge in [-0.05, 0) is 51.4 Å². The lowest BCUT2D eigenvalue weighted by molar-refractivity contribution is -0.929. The second-order valence-corrected chi connectivity index (χ2v) is 11.6. The average Bonchev–Trinajstić information content (AvgIpc) is 2.83. The van der Waals surface area contributed by atoms with E-state index in [1.165, 1.54) is 159 Å². The molecule has 0 spiro atoms. The normalized spacial score (nSPS) is 11.9. The molecule has 0 heterocycles. The minimum absolute atomic E-state index is 0.808. The lowest BCUT2D eigenvalue weighted by Gasteiger charge is -2.39. The van der Waals surface area contributed by atoms with Gasteiger partial charge < -0.3 is 9.04 Å². The summed E-state index contributed by atoms with van der Waals surface area (Å²) in [6.07, 6.45) is 28.8. The van der Waals surface area contributed by atoms with Gasteiger partial charge in [-0.3, -0.25) is 4.18 Å². The van der Waals surface area contributed by atoms with E-state index in [4.69, 9.17) is 0 Å². The predicted molar refractivity (Wildman–Crippen MR) is 151 cm³/mol. The van der Waals surface area contributed by atoms with Crippen LogP contribution in [0.5, 0.6) is 0 Å². The highest BCUT2D eigenvalue weighted by Gasteiger charge is 2.25. The van der Waals surface area contributed by atoms with Gasteiger partial charge in [-0.2, -0.15) is 0 Å². The third-order valence-corrected chi connectivity index (χ3v) is 7.56. The summed E-state index contributed by atoms with van der Waals surface area (Å²) in [5, 5.41) is 0. The van der Waals surface area contributed by atoms with Gasteiger partial charge in [0, 0.05) is 0 Å². The molecule has 0 unspecified atom stereocenters. The van der Waals surface area contributed by atoms with Crippen molar-refractivity contribution in [1.82, 2.24) is 0 Å². The van der Waals surface area contributed by atoms with Crippen LogP contribution in [0, 0.1) is 0 Å². The Morgan fingerprint density at radius 2 is 0.686 bits per heavy atom. The molecule has 0 bridgehead atoms. The van der Waals surface area contributed by atoms with Crippen LogP contribution in [0.25, 0.3) is 0 Å². The molecule has 0 N–H and O–H groups in total. The van der Waals surface area contributed by atoms with Crippen molar-refractivity contribution in [3.8, 4) is 0 Å². The molecule has 0 aromatic heterocycles. The van der Waals surface area contributed by atoms with Crippen LogP contribution >= 0.6 is 0 Å². The summed E-state index contributed by atoms with van der Waals surface area (Å²) >= 11 is 0. The highest BCUT2D eigenvalue weighted by molar-refractivity contribution is 7.80. The Morgan fingerprint density at radius 3 is 0.857 bits per heavy atom. The van der Waals surface area contributed by atoms with E-state index < -0.39 is 10.4 Å². The zero-order chi connectivity index (χ0) is 26.7. The molecule has 0 aliphatic rings. The van der Waals surface area contributed by atoms with Gasteiger partial charge in [-0.1, -0.05) is 105 Å². The molecule has 0 saturated heterocycles. The molecular weight excluding hydrogens is 458 g/mol. The molecule has 214 valence electrons. The number of rotatable bonds is 25. The SMILES string of the molecule is CCCCCCC[N+](CCCCCCC)(CCCCCCC)CCCCCCC.COS(=O)(=O)[O-]. The van der Waals surface area contributed by atoms with E-state index in [-0.39, 0.29) is 0 Å². The lowest BCUT2D eigenvalue weighted by atomic mass is 10.1. The molecule has 0 atom stereocenters. The van der Waals surface area contributed by atoms with Gasteiger partial charge >= 0.3 is 0 Å². The first kappa shape index (κ1) is 37.0. The Balaban J connectivity index is 0. The number of nitrogens with zero attached hydrogens (tertiary/aromatic N) is 1. The van der Waals surface area contributed by atoms with E-state index in [1.807, 2.05) is 0 Å². The van der Waals surface area contributed by atoms with Crippen LogP contribution in [0.1, 0.15) is 156 Å². The van der Waals surface area contributed by atoms with Gasteiger partial charge in [0.25, 0.3) is 0 Å². The van der Waals surface area contributed by atoms with Crippen molar-refractivity contribution in [1.29, 1.82) is 0 Å². The summed E-state index contributed by atoms with van der Waals surface area (Å²) in [5.74, 6) is 0. The van der Waals surface area contributed by atoms with Crippen LogP contribution in [0.3, 0.4) is 0 Å². The van der Waals surface area contributed by atoms with Gasteiger partial charge in [0.15, 0.2) is 0 Å². The molecule has 5 nitrogen and oxygen atoms in total. The van der Waals surface area contributed by atoms with Crippen molar-refractivity contribution < 1.29 is 21.6 Å². The highest BCUT2D eigenvalue weighted by Crippen LogP contribution is 2.20. The van der Waals surface area contributed by atoms with Crippen molar-refractivity contribution in [2.75, 3.05) is 33.3 Å². The first-order valence-electron chi connectivity index (χ1n) is 15.2. The Bertz CT molecular complexity index is 449. The van der Waals surface area contributed by atoms with E-state index in [0.717, 1.165) is 7.11 Å². The summed E-state index contributed by atoms with van der Waals surface area (Å²) in [6.45, 7) is 15.2. The Morgan fingerprint density at radius 1 is 0.486 bits per heavy atom. The van der Waals surface area contributed by atoms with Crippen LogP contribution in [0.2, 0.25) is 0 Å². The quantitative estimate of drug-likeness (QED) is 0.0521. The molecule has 0 aromatic rings. The van der Waals surface area contributed by atoms with Crippen molar-refractivity contribution >= 4 is 10.4 Å². The largest absolute Gasteiger partial charge is 0.726 e. The van der Waals surface area contributed by atoms with Crippen LogP contribution < -0.4 is 0 Å². The molecule has 0 amide bonds. The molecule has 0 rings (SSSR count). The topological polar surface area (TPSA) is 66.4 Å². The highest BCUT2D eigenvalue weighted by atomic mass is 32.3. The van der Waals surface area contributed by atoms with Gasteiger partial charge in [0.1, 0.15) is 0 Å². The van der Waals surface area contributed by atoms with E-state index in [0.29, 0.717) is 0 Å². The fourth-order valence-electron chi connectivity index (χ4n) is 4.87. The smallest absolute Gasteiger partial charge is 0.217 e. The second kappa shape index (κ2) is 26.9. The van der Waals surface area contributed by atoms with Crippen molar-refractivity contribution in [3.05, 3.63) is 0 Å². The number of quaternary nitrogens is 1. The first-order chi connectivity index (χ1) is 16.8. The molecule has 0 fully saturated rings. The van der Waals surface area contributed by atoms with Crippen LogP contribution in [0.4, 0.5) is 0 Å². The van der Waals surface area contributed by atoms with Gasteiger partial charge in [0.05, 0.1) is 33.3 Å². The zero-order valence-corrected chi connectivity index (χ0v) is 25.3. The van der Waals surface area contributed by atoms with Crippen molar-refractivity contribution in [2.24, 2.45) is 0 Å². The van der Waals surface area contributed by atoms with E-state index in [2.05, 4.69) is 31.9 Å². The van der Waals surface area contributed by atoms with Crippen LogP contribution in [-0.2, 0) is 14.6 Å². The Hall–Kier alpha value is -0.170. The maximum Gasteiger partial charge on any atom is 0.217 e. The predicted octanol–water partition coefficient (Wildman–Crippen LogP) is 8.78. The number of hydrogen-bond donors (Lipinski definition) is 0. The summed E-state index contributed by atoms with van der Waals surface area (Å²) in [5.41, 5.74) is 0. The molecule has 0 aliphatic heterocycles. The number of hydrogen-bond acceptors (Lipinski definition) is 4. The van der Waals surface area contributed by atoms with E-state index >= 15 is 0 Å². The third-order valence-electron chi connectivity index (χ3n) is 7.15. The molecule has 0 aromatic carbocycles. The van der Waals surface area contributed by atoms with Gasteiger partial charge in [0.2, 0.25) is 10.4 Å². The Kier molecular flexibility index (Phi) is 28.4. The maximum absolute atomic E-state index is 9.22. The fourth-order valence-corrected chi connectivity index (χ4v) is 4.87. The summed E-state index contributed by atoms with van der Waals surface area (Å²) in [7, 11) is -3.60. The Labute approximate surface area is 221 Å².